The van der Waals surface area contributed by atoms with Crippen LogP contribution in [0.1, 0.15) is 16.1 Å². The summed E-state index contributed by atoms with van der Waals surface area (Å²) in [6.07, 6.45) is -0.239. The van der Waals surface area contributed by atoms with Gasteiger partial charge in [0.05, 0.1) is 25.9 Å². The van der Waals surface area contributed by atoms with Gasteiger partial charge in [0.25, 0.3) is 5.91 Å². The van der Waals surface area contributed by atoms with E-state index in [-0.39, 0.29) is 24.4 Å². The number of amides is 1. The van der Waals surface area contributed by atoms with Gasteiger partial charge >= 0.3 is 0 Å². The standard InChI is InChI=1S/C18H18BrFN2O3/c19-17-7-3-6-16(21-17)18(23)22-8-9-25-14(10-22)12-24-11-13-4-1-2-5-15(13)20/h1-7,14H,8-12H2. The second-order valence-electron chi connectivity index (χ2n) is 5.70. The molecule has 0 spiro atoms. The van der Waals surface area contributed by atoms with E-state index in [1.54, 1.807) is 41.3 Å². The van der Waals surface area contributed by atoms with E-state index in [9.17, 15) is 9.18 Å². The number of pyridine rings is 1. The molecule has 1 atom stereocenters. The van der Waals surface area contributed by atoms with E-state index in [1.807, 2.05) is 0 Å². The Bertz CT molecular complexity index is 744. The molecule has 1 saturated heterocycles. The first-order valence-corrected chi connectivity index (χ1v) is 8.77. The molecule has 2 aromatic rings. The average molecular weight is 409 g/mol. The third kappa shape index (κ3) is 4.84. The Balaban J connectivity index is 1.53. The first kappa shape index (κ1) is 18.0. The maximum atomic E-state index is 13.6. The topological polar surface area (TPSA) is 51.7 Å². The summed E-state index contributed by atoms with van der Waals surface area (Å²) in [6, 6.07) is 11.7. The Morgan fingerprint density at radius 1 is 1.32 bits per heavy atom. The molecule has 0 saturated carbocycles. The van der Waals surface area contributed by atoms with E-state index in [1.165, 1.54) is 6.07 Å². The van der Waals surface area contributed by atoms with E-state index in [0.717, 1.165) is 0 Å². The number of aromatic nitrogens is 1. The van der Waals surface area contributed by atoms with Gasteiger partial charge in [-0.05, 0) is 34.1 Å². The lowest BCUT2D eigenvalue weighted by Crippen LogP contribution is -2.47. The molecular formula is C18H18BrFN2O3. The van der Waals surface area contributed by atoms with Crippen LogP contribution in [0.25, 0.3) is 0 Å². The number of halogens is 2. The number of rotatable bonds is 5. The molecule has 1 aliphatic rings. The van der Waals surface area contributed by atoms with Crippen molar-refractivity contribution in [1.82, 2.24) is 9.88 Å². The molecule has 0 radical (unpaired) electrons. The monoisotopic (exact) mass is 408 g/mol. The Labute approximate surface area is 153 Å². The fourth-order valence-electron chi connectivity index (χ4n) is 2.61. The van der Waals surface area contributed by atoms with Crippen LogP contribution in [0.5, 0.6) is 0 Å². The minimum atomic E-state index is -0.287. The third-order valence-corrected chi connectivity index (χ3v) is 4.32. The Morgan fingerprint density at radius 2 is 2.16 bits per heavy atom. The predicted octanol–water partition coefficient (Wildman–Crippen LogP) is 3.04. The molecule has 2 heterocycles. The molecule has 1 unspecified atom stereocenters. The minimum Gasteiger partial charge on any atom is -0.374 e. The van der Waals surface area contributed by atoms with Crippen LogP contribution in [0, 0.1) is 5.82 Å². The van der Waals surface area contributed by atoms with Crippen LogP contribution < -0.4 is 0 Å². The molecule has 7 heteroatoms. The summed E-state index contributed by atoms with van der Waals surface area (Å²) in [4.78, 5) is 18.4. The zero-order valence-corrected chi connectivity index (χ0v) is 15.1. The molecule has 1 amide bonds. The average Bonchev–Trinajstić information content (AvgIpc) is 2.63. The summed E-state index contributed by atoms with van der Waals surface area (Å²) in [5.74, 6) is -0.423. The van der Waals surface area contributed by atoms with Crippen molar-refractivity contribution >= 4 is 21.8 Å². The number of carbonyl (C=O) groups is 1. The first-order valence-electron chi connectivity index (χ1n) is 7.98. The molecule has 0 bridgehead atoms. The quantitative estimate of drug-likeness (QED) is 0.713. The number of hydrogen-bond donors (Lipinski definition) is 0. The van der Waals surface area contributed by atoms with Gasteiger partial charge in [0, 0.05) is 18.7 Å². The molecule has 1 aliphatic heterocycles. The minimum absolute atomic E-state index is 0.135. The number of hydrogen-bond acceptors (Lipinski definition) is 4. The Morgan fingerprint density at radius 3 is 2.96 bits per heavy atom. The number of benzene rings is 1. The summed E-state index contributed by atoms with van der Waals surface area (Å²) in [5, 5.41) is 0. The molecule has 0 aliphatic carbocycles. The molecular weight excluding hydrogens is 391 g/mol. The van der Waals surface area contributed by atoms with Crippen LogP contribution in [-0.4, -0.2) is 48.2 Å². The normalized spacial score (nSPS) is 17.5. The van der Waals surface area contributed by atoms with Crippen LogP contribution in [0.3, 0.4) is 0 Å². The van der Waals surface area contributed by atoms with Crippen molar-refractivity contribution in [1.29, 1.82) is 0 Å². The number of carbonyl (C=O) groups excluding carboxylic acids is 1. The largest absolute Gasteiger partial charge is 0.374 e. The molecule has 132 valence electrons. The molecule has 1 fully saturated rings. The molecule has 25 heavy (non-hydrogen) atoms. The molecule has 1 aromatic heterocycles. The summed E-state index contributed by atoms with van der Waals surface area (Å²) < 4.78 is 25.4. The second kappa shape index (κ2) is 8.51. The maximum Gasteiger partial charge on any atom is 0.272 e. The highest BCUT2D eigenvalue weighted by Crippen LogP contribution is 2.13. The number of nitrogens with zero attached hydrogens (tertiary/aromatic N) is 2. The fourth-order valence-corrected chi connectivity index (χ4v) is 2.95. The predicted molar refractivity (Wildman–Crippen MR) is 93.6 cm³/mol. The molecule has 3 rings (SSSR count). The van der Waals surface area contributed by atoms with Crippen LogP contribution in [0.4, 0.5) is 4.39 Å². The fraction of sp³-hybridized carbons (Fsp3) is 0.333. The van der Waals surface area contributed by atoms with Gasteiger partial charge in [-0.15, -0.1) is 0 Å². The SMILES string of the molecule is O=C(c1cccc(Br)n1)N1CCOC(COCc2ccccc2F)C1. The van der Waals surface area contributed by atoms with Crippen molar-refractivity contribution in [3.05, 3.63) is 64.1 Å². The van der Waals surface area contributed by atoms with Crippen molar-refractivity contribution in [2.45, 2.75) is 12.7 Å². The number of morpholine rings is 1. The van der Waals surface area contributed by atoms with Gasteiger partial charge in [-0.1, -0.05) is 24.3 Å². The van der Waals surface area contributed by atoms with Crippen molar-refractivity contribution in [3.63, 3.8) is 0 Å². The van der Waals surface area contributed by atoms with Crippen LogP contribution in [0.2, 0.25) is 0 Å². The van der Waals surface area contributed by atoms with Crippen molar-refractivity contribution < 1.29 is 18.7 Å². The van der Waals surface area contributed by atoms with E-state index < -0.39 is 0 Å². The first-order chi connectivity index (χ1) is 12.1. The summed E-state index contributed by atoms with van der Waals surface area (Å²) in [5.41, 5.74) is 0.895. The Kier molecular flexibility index (Phi) is 6.12. The lowest BCUT2D eigenvalue weighted by Gasteiger charge is -2.32. The zero-order chi connectivity index (χ0) is 17.6. The van der Waals surface area contributed by atoms with Gasteiger partial charge in [-0.2, -0.15) is 0 Å². The zero-order valence-electron chi connectivity index (χ0n) is 13.5. The van der Waals surface area contributed by atoms with Crippen LogP contribution in [-0.2, 0) is 16.1 Å². The lowest BCUT2D eigenvalue weighted by molar-refractivity contribution is -0.0650. The highest BCUT2D eigenvalue weighted by Gasteiger charge is 2.26. The van der Waals surface area contributed by atoms with E-state index >= 15 is 0 Å². The van der Waals surface area contributed by atoms with E-state index in [0.29, 0.717) is 42.2 Å². The molecule has 5 nitrogen and oxygen atoms in total. The van der Waals surface area contributed by atoms with E-state index in [4.69, 9.17) is 9.47 Å². The van der Waals surface area contributed by atoms with Gasteiger partial charge in [-0.25, -0.2) is 9.37 Å². The maximum absolute atomic E-state index is 13.6. The Hall–Kier alpha value is -1.83. The van der Waals surface area contributed by atoms with Crippen molar-refractivity contribution in [2.75, 3.05) is 26.3 Å². The van der Waals surface area contributed by atoms with E-state index in [2.05, 4.69) is 20.9 Å². The van der Waals surface area contributed by atoms with Gasteiger partial charge in [0.15, 0.2) is 0 Å². The highest BCUT2D eigenvalue weighted by molar-refractivity contribution is 9.10. The third-order valence-electron chi connectivity index (χ3n) is 3.88. The van der Waals surface area contributed by atoms with Crippen molar-refractivity contribution in [3.8, 4) is 0 Å². The van der Waals surface area contributed by atoms with Gasteiger partial charge in [-0.3, -0.25) is 4.79 Å². The molecule has 1 aromatic carbocycles. The summed E-state index contributed by atoms with van der Waals surface area (Å²) in [6.45, 7) is 1.84. The highest BCUT2D eigenvalue weighted by atomic mass is 79.9. The second-order valence-corrected chi connectivity index (χ2v) is 6.51. The van der Waals surface area contributed by atoms with Crippen LogP contribution >= 0.6 is 15.9 Å². The number of ether oxygens (including phenoxy) is 2. The van der Waals surface area contributed by atoms with Gasteiger partial charge in [0.1, 0.15) is 16.1 Å². The summed E-state index contributed by atoms with van der Waals surface area (Å²) >= 11 is 3.27. The van der Waals surface area contributed by atoms with Crippen molar-refractivity contribution in [2.24, 2.45) is 0 Å². The van der Waals surface area contributed by atoms with Gasteiger partial charge < -0.3 is 14.4 Å². The summed E-state index contributed by atoms with van der Waals surface area (Å²) in [7, 11) is 0. The lowest BCUT2D eigenvalue weighted by atomic mass is 10.2. The smallest absolute Gasteiger partial charge is 0.272 e. The molecule has 0 N–H and O–H groups in total. The van der Waals surface area contributed by atoms with Crippen LogP contribution in [0.15, 0.2) is 47.1 Å². The van der Waals surface area contributed by atoms with Gasteiger partial charge in [0.2, 0.25) is 0 Å².